The summed E-state index contributed by atoms with van der Waals surface area (Å²) in [6.45, 7) is 4.49. The van der Waals surface area contributed by atoms with Crippen molar-refractivity contribution in [3.8, 4) is 0 Å². The van der Waals surface area contributed by atoms with Gasteiger partial charge in [0, 0.05) is 12.1 Å². The normalized spacial score (nSPS) is 10.9. The van der Waals surface area contributed by atoms with Crippen molar-refractivity contribution in [1.29, 1.82) is 0 Å². The molecular weight excluding hydrogens is 332 g/mol. The molecule has 148 valence electrons. The van der Waals surface area contributed by atoms with E-state index >= 15 is 0 Å². The van der Waals surface area contributed by atoms with Gasteiger partial charge >= 0.3 is 0 Å². The first-order chi connectivity index (χ1) is 13.3. The van der Waals surface area contributed by atoms with Crippen LogP contribution in [0.1, 0.15) is 89.6 Å². The molecule has 0 unspecified atom stereocenters. The minimum Gasteiger partial charge on any atom is -0.352 e. The van der Waals surface area contributed by atoms with Crippen molar-refractivity contribution < 1.29 is 0 Å². The molecule has 0 spiro atoms. The first-order valence-corrected chi connectivity index (χ1v) is 10.8. The summed E-state index contributed by atoms with van der Waals surface area (Å²) in [5, 5.41) is 3.34. The number of aryl methyl sites for hydroxylation is 2. The number of nitrogens with one attached hydrogen (secondary N) is 1. The third kappa shape index (κ3) is 8.98. The second kappa shape index (κ2) is 13.2. The number of rotatable bonds is 14. The van der Waals surface area contributed by atoms with Crippen LogP contribution in [0.4, 0.5) is 11.4 Å². The van der Waals surface area contributed by atoms with Gasteiger partial charge in [-0.1, -0.05) is 65.2 Å². The van der Waals surface area contributed by atoms with Gasteiger partial charge in [-0.2, -0.15) is 0 Å². The molecule has 2 aromatic rings. The number of hydrogen-bond donors (Lipinski definition) is 1. The molecule has 0 saturated heterocycles. The lowest BCUT2D eigenvalue weighted by Gasteiger charge is -2.07. The molecule has 0 bridgehead atoms. The summed E-state index contributed by atoms with van der Waals surface area (Å²) in [5.74, 6) is 0.939. The van der Waals surface area contributed by atoms with Gasteiger partial charge in [-0.3, -0.25) is 4.98 Å². The van der Waals surface area contributed by atoms with E-state index in [0.29, 0.717) is 0 Å². The second-order valence-electron chi connectivity index (χ2n) is 7.38. The molecule has 2 rings (SSSR count). The topological polar surface area (TPSA) is 50.7 Å². The smallest absolute Gasteiger partial charge is 0.128 e. The van der Waals surface area contributed by atoms with Crippen molar-refractivity contribution in [1.82, 2.24) is 15.0 Å². The fraction of sp³-hybridized carbons (Fsp3) is 0.609. The summed E-state index contributed by atoms with van der Waals surface area (Å²) < 4.78 is 0. The minimum atomic E-state index is 0.916. The summed E-state index contributed by atoms with van der Waals surface area (Å²) in [7, 11) is 0. The summed E-state index contributed by atoms with van der Waals surface area (Å²) in [6.07, 6.45) is 20.6. The average Bonchev–Trinajstić information content (AvgIpc) is 2.70. The monoisotopic (exact) mass is 368 g/mol. The lowest BCUT2D eigenvalue weighted by molar-refractivity contribution is 0.622. The highest BCUT2D eigenvalue weighted by Crippen LogP contribution is 2.16. The Kier molecular flexibility index (Phi) is 10.5. The van der Waals surface area contributed by atoms with E-state index in [1.165, 1.54) is 69.9 Å². The van der Waals surface area contributed by atoms with Gasteiger partial charge in [0.1, 0.15) is 5.82 Å². The van der Waals surface area contributed by atoms with E-state index in [2.05, 4.69) is 46.2 Å². The number of unbranched alkanes of at least 4 members (excludes halogenated alkanes) is 8. The summed E-state index contributed by atoms with van der Waals surface area (Å²) in [4.78, 5) is 13.5. The Morgan fingerprint density at radius 2 is 1.22 bits per heavy atom. The molecule has 0 amide bonds. The quantitative estimate of drug-likeness (QED) is 0.380. The fourth-order valence-electron chi connectivity index (χ4n) is 3.16. The Balaban J connectivity index is 1.71. The lowest BCUT2D eigenvalue weighted by atomic mass is 10.1. The highest BCUT2D eigenvalue weighted by molar-refractivity contribution is 5.56. The predicted molar refractivity (Wildman–Crippen MR) is 114 cm³/mol. The maximum Gasteiger partial charge on any atom is 0.128 e. The molecule has 27 heavy (non-hydrogen) atoms. The van der Waals surface area contributed by atoms with Gasteiger partial charge in [0.2, 0.25) is 0 Å². The maximum atomic E-state index is 4.57. The third-order valence-electron chi connectivity index (χ3n) is 4.86. The van der Waals surface area contributed by atoms with Crippen molar-refractivity contribution >= 4 is 11.4 Å². The van der Waals surface area contributed by atoms with Crippen molar-refractivity contribution in [2.24, 2.45) is 0 Å². The van der Waals surface area contributed by atoms with E-state index in [0.717, 1.165) is 30.0 Å². The molecule has 1 N–H and O–H groups in total. The number of hydrogen-bond acceptors (Lipinski definition) is 4. The van der Waals surface area contributed by atoms with Crippen LogP contribution in [0.5, 0.6) is 0 Å². The molecule has 0 fully saturated rings. The maximum absolute atomic E-state index is 4.57. The van der Waals surface area contributed by atoms with Gasteiger partial charge in [-0.15, -0.1) is 0 Å². The highest BCUT2D eigenvalue weighted by Gasteiger charge is 2.01. The number of nitrogens with zero attached hydrogens (tertiary/aromatic N) is 3. The Bertz CT molecular complexity index is 552. The highest BCUT2D eigenvalue weighted by atomic mass is 15.0. The first kappa shape index (κ1) is 21.3. The average molecular weight is 369 g/mol. The van der Waals surface area contributed by atoms with Crippen LogP contribution in [-0.2, 0) is 12.8 Å². The van der Waals surface area contributed by atoms with Crippen molar-refractivity contribution in [2.75, 3.05) is 5.32 Å². The van der Waals surface area contributed by atoms with Crippen LogP contribution in [0.15, 0.2) is 30.7 Å². The number of aromatic nitrogens is 3. The summed E-state index contributed by atoms with van der Waals surface area (Å²) >= 11 is 0. The van der Waals surface area contributed by atoms with Crippen molar-refractivity contribution in [2.45, 2.75) is 90.9 Å². The molecule has 0 aliphatic heterocycles. The van der Waals surface area contributed by atoms with Crippen LogP contribution in [0.25, 0.3) is 0 Å². The van der Waals surface area contributed by atoms with Crippen LogP contribution in [-0.4, -0.2) is 15.0 Å². The first-order valence-electron chi connectivity index (χ1n) is 10.8. The zero-order chi connectivity index (χ0) is 19.2. The van der Waals surface area contributed by atoms with Gasteiger partial charge in [0.25, 0.3) is 0 Å². The van der Waals surface area contributed by atoms with Gasteiger partial charge in [0.05, 0.1) is 30.0 Å². The Hall–Kier alpha value is -1.97. The molecular formula is C23H36N4. The molecule has 0 aliphatic rings. The molecule has 4 heteroatoms. The molecule has 2 heterocycles. The number of anilines is 2. The zero-order valence-corrected chi connectivity index (χ0v) is 17.2. The Morgan fingerprint density at radius 1 is 0.630 bits per heavy atom. The number of pyridine rings is 1. The van der Waals surface area contributed by atoms with Gasteiger partial charge in [0.15, 0.2) is 0 Å². The van der Waals surface area contributed by atoms with E-state index in [1.807, 2.05) is 18.6 Å². The third-order valence-corrected chi connectivity index (χ3v) is 4.86. The Morgan fingerprint density at radius 3 is 1.81 bits per heavy atom. The van der Waals surface area contributed by atoms with Crippen LogP contribution in [0.2, 0.25) is 0 Å². The van der Waals surface area contributed by atoms with E-state index in [1.54, 1.807) is 0 Å². The SMILES string of the molecule is CCCCCCCc1ccc(Nc2cnc(CCCCCCC)nc2)cn1. The fourth-order valence-corrected chi connectivity index (χ4v) is 3.16. The summed E-state index contributed by atoms with van der Waals surface area (Å²) in [5.41, 5.74) is 3.08. The molecule has 0 aromatic carbocycles. The van der Waals surface area contributed by atoms with Gasteiger partial charge < -0.3 is 5.32 Å². The molecule has 4 nitrogen and oxygen atoms in total. The second-order valence-corrected chi connectivity index (χ2v) is 7.38. The van der Waals surface area contributed by atoms with Gasteiger partial charge in [-0.25, -0.2) is 9.97 Å². The Labute approximate surface area is 165 Å². The largest absolute Gasteiger partial charge is 0.352 e. The molecule has 0 radical (unpaired) electrons. The molecule has 0 atom stereocenters. The molecule has 2 aromatic heterocycles. The van der Waals surface area contributed by atoms with Crippen LogP contribution >= 0.6 is 0 Å². The van der Waals surface area contributed by atoms with Crippen molar-refractivity contribution in [3.63, 3.8) is 0 Å². The van der Waals surface area contributed by atoms with Crippen LogP contribution in [0, 0.1) is 0 Å². The van der Waals surface area contributed by atoms with Crippen molar-refractivity contribution in [3.05, 3.63) is 42.2 Å². The van der Waals surface area contributed by atoms with Gasteiger partial charge in [-0.05, 0) is 31.4 Å². The van der Waals surface area contributed by atoms with E-state index < -0.39 is 0 Å². The summed E-state index contributed by atoms with van der Waals surface area (Å²) in [6, 6.07) is 4.21. The molecule has 0 aliphatic carbocycles. The molecule has 0 saturated carbocycles. The van der Waals surface area contributed by atoms with E-state index in [9.17, 15) is 0 Å². The minimum absolute atomic E-state index is 0.916. The van der Waals surface area contributed by atoms with E-state index in [4.69, 9.17) is 0 Å². The lowest BCUT2D eigenvalue weighted by Crippen LogP contribution is -1.99. The predicted octanol–water partition coefficient (Wildman–Crippen LogP) is 6.64. The van der Waals surface area contributed by atoms with Crippen LogP contribution in [0.3, 0.4) is 0 Å². The van der Waals surface area contributed by atoms with E-state index in [-0.39, 0.29) is 0 Å². The standard InChI is InChI=1S/C23H36N4/c1-3-5-7-9-11-13-20-15-16-21(17-24-20)27-22-18-25-23(26-19-22)14-12-10-8-6-4-2/h15-19,27H,3-14H2,1-2H3. The van der Waals surface area contributed by atoms with Crippen LogP contribution < -0.4 is 5.32 Å². The zero-order valence-electron chi connectivity index (χ0n) is 17.2.